The number of imidazole rings is 1. The predicted molar refractivity (Wildman–Crippen MR) is 47.1 cm³/mol. The van der Waals surface area contributed by atoms with Crippen LogP contribution in [0.1, 0.15) is 10.5 Å². The van der Waals surface area contributed by atoms with Crippen LogP contribution < -0.4 is 0 Å². The summed E-state index contributed by atoms with van der Waals surface area (Å²) >= 11 is 5.51. The molecule has 0 fully saturated rings. The van der Waals surface area contributed by atoms with Crippen molar-refractivity contribution in [1.82, 2.24) is 9.38 Å². The first-order valence-electron chi connectivity index (χ1n) is 3.64. The SMILES string of the molecule is O=C(O)c1c(F)c(Cl)cc2cncn12. The summed E-state index contributed by atoms with van der Waals surface area (Å²) < 4.78 is 14.4. The number of nitrogens with zero attached hydrogens (tertiary/aromatic N) is 2. The summed E-state index contributed by atoms with van der Waals surface area (Å²) in [6.45, 7) is 0. The van der Waals surface area contributed by atoms with E-state index >= 15 is 0 Å². The molecular formula is C8H4ClFN2O2. The molecule has 2 rings (SSSR count). The lowest BCUT2D eigenvalue weighted by Crippen LogP contribution is -2.08. The third kappa shape index (κ3) is 1.13. The Morgan fingerprint density at radius 3 is 3.00 bits per heavy atom. The Labute approximate surface area is 82.6 Å². The van der Waals surface area contributed by atoms with Gasteiger partial charge in [-0.25, -0.2) is 14.2 Å². The van der Waals surface area contributed by atoms with Crippen molar-refractivity contribution in [2.75, 3.05) is 0 Å². The van der Waals surface area contributed by atoms with Crippen LogP contribution in [-0.4, -0.2) is 20.5 Å². The Balaban J connectivity index is 2.93. The van der Waals surface area contributed by atoms with E-state index in [1.54, 1.807) is 0 Å². The molecular weight excluding hydrogens is 211 g/mol. The molecule has 2 aromatic heterocycles. The lowest BCUT2D eigenvalue weighted by molar-refractivity contribution is 0.0683. The minimum absolute atomic E-state index is 0.226. The summed E-state index contributed by atoms with van der Waals surface area (Å²) in [7, 11) is 0. The molecule has 14 heavy (non-hydrogen) atoms. The predicted octanol–water partition coefficient (Wildman–Crippen LogP) is 1.82. The van der Waals surface area contributed by atoms with Gasteiger partial charge in [-0.2, -0.15) is 0 Å². The van der Waals surface area contributed by atoms with Crippen molar-refractivity contribution in [2.45, 2.75) is 0 Å². The van der Waals surface area contributed by atoms with Gasteiger partial charge >= 0.3 is 5.97 Å². The highest BCUT2D eigenvalue weighted by molar-refractivity contribution is 6.31. The van der Waals surface area contributed by atoms with Gasteiger partial charge in [0.2, 0.25) is 0 Å². The Bertz CT molecular complexity index is 523. The molecule has 1 N–H and O–H groups in total. The van der Waals surface area contributed by atoms with Crippen molar-refractivity contribution in [2.24, 2.45) is 0 Å². The number of carbonyl (C=O) groups is 1. The first kappa shape index (κ1) is 8.96. The van der Waals surface area contributed by atoms with Crippen molar-refractivity contribution in [1.29, 1.82) is 0 Å². The van der Waals surface area contributed by atoms with Crippen LogP contribution in [-0.2, 0) is 0 Å². The summed E-state index contributed by atoms with van der Waals surface area (Å²) in [6.07, 6.45) is 2.62. The van der Waals surface area contributed by atoms with E-state index in [-0.39, 0.29) is 5.02 Å². The molecule has 2 heterocycles. The van der Waals surface area contributed by atoms with Crippen molar-refractivity contribution >= 4 is 23.1 Å². The molecule has 0 saturated heterocycles. The number of hydrogen-bond acceptors (Lipinski definition) is 2. The molecule has 4 nitrogen and oxygen atoms in total. The van der Waals surface area contributed by atoms with Crippen LogP contribution >= 0.6 is 11.6 Å². The molecule has 0 aromatic carbocycles. The smallest absolute Gasteiger partial charge is 0.356 e. The van der Waals surface area contributed by atoms with Gasteiger partial charge in [-0.05, 0) is 6.07 Å². The first-order valence-corrected chi connectivity index (χ1v) is 4.02. The highest BCUT2D eigenvalue weighted by atomic mass is 35.5. The lowest BCUT2D eigenvalue weighted by atomic mass is 10.3. The number of hydrogen-bond donors (Lipinski definition) is 1. The van der Waals surface area contributed by atoms with Gasteiger partial charge in [0.1, 0.15) is 0 Å². The zero-order valence-electron chi connectivity index (χ0n) is 6.74. The first-order chi connectivity index (χ1) is 6.61. The Hall–Kier alpha value is -1.62. The van der Waals surface area contributed by atoms with E-state index in [9.17, 15) is 9.18 Å². The number of aromatic nitrogens is 2. The highest BCUT2D eigenvalue weighted by Crippen LogP contribution is 2.21. The fourth-order valence-corrected chi connectivity index (χ4v) is 1.41. The maximum absolute atomic E-state index is 13.3. The fourth-order valence-electron chi connectivity index (χ4n) is 1.21. The summed E-state index contributed by atoms with van der Waals surface area (Å²) in [5.74, 6) is -2.34. The van der Waals surface area contributed by atoms with Crippen molar-refractivity contribution in [3.05, 3.63) is 35.1 Å². The number of rotatable bonds is 1. The van der Waals surface area contributed by atoms with Crippen LogP contribution in [0.3, 0.4) is 0 Å². The number of halogens is 2. The summed E-state index contributed by atoms with van der Waals surface area (Å²) in [4.78, 5) is 14.4. The second-order valence-corrected chi connectivity index (χ2v) is 3.06. The highest BCUT2D eigenvalue weighted by Gasteiger charge is 2.18. The molecule has 0 unspecified atom stereocenters. The zero-order valence-corrected chi connectivity index (χ0v) is 7.49. The minimum Gasteiger partial charge on any atom is -0.476 e. The van der Waals surface area contributed by atoms with E-state index in [0.717, 1.165) is 4.40 Å². The van der Waals surface area contributed by atoms with Crippen LogP contribution in [0.5, 0.6) is 0 Å². The molecule has 72 valence electrons. The standard InChI is InChI=1S/C8H4ClFN2O2/c9-5-1-4-2-11-3-12(4)7(6(5)10)8(13)14/h1-3H,(H,13,14). The average molecular weight is 215 g/mol. The third-order valence-electron chi connectivity index (χ3n) is 1.80. The summed E-state index contributed by atoms with van der Waals surface area (Å²) in [6, 6.07) is 1.32. The second-order valence-electron chi connectivity index (χ2n) is 2.65. The second kappa shape index (κ2) is 2.95. The third-order valence-corrected chi connectivity index (χ3v) is 2.08. The van der Waals surface area contributed by atoms with Gasteiger partial charge in [-0.1, -0.05) is 11.6 Å². The molecule has 0 aliphatic heterocycles. The summed E-state index contributed by atoms with van der Waals surface area (Å²) in [5, 5.41) is 8.53. The van der Waals surface area contributed by atoms with Gasteiger partial charge in [0.25, 0.3) is 0 Å². The molecule has 0 atom stereocenters. The number of aromatic carboxylic acids is 1. The Morgan fingerprint density at radius 1 is 1.64 bits per heavy atom. The topological polar surface area (TPSA) is 54.6 Å². The van der Waals surface area contributed by atoms with E-state index in [4.69, 9.17) is 16.7 Å². The maximum atomic E-state index is 13.3. The monoisotopic (exact) mass is 214 g/mol. The normalized spacial score (nSPS) is 10.7. The minimum atomic E-state index is -1.38. The zero-order chi connectivity index (χ0) is 10.3. The van der Waals surface area contributed by atoms with Gasteiger partial charge < -0.3 is 5.11 Å². The van der Waals surface area contributed by atoms with Crippen molar-refractivity contribution in [3.8, 4) is 0 Å². The number of pyridine rings is 1. The molecule has 0 radical (unpaired) electrons. The van der Waals surface area contributed by atoms with E-state index in [2.05, 4.69) is 4.98 Å². The van der Waals surface area contributed by atoms with Gasteiger partial charge in [0.15, 0.2) is 11.5 Å². The maximum Gasteiger partial charge on any atom is 0.356 e. The van der Waals surface area contributed by atoms with Crippen molar-refractivity contribution < 1.29 is 14.3 Å². The molecule has 0 saturated carbocycles. The quantitative estimate of drug-likeness (QED) is 0.788. The van der Waals surface area contributed by atoms with E-state index < -0.39 is 17.5 Å². The molecule has 6 heteroatoms. The molecule has 0 bridgehead atoms. The van der Waals surface area contributed by atoms with Crippen LogP contribution in [0.4, 0.5) is 4.39 Å². The van der Waals surface area contributed by atoms with Gasteiger partial charge in [0.05, 0.1) is 23.1 Å². The average Bonchev–Trinajstić information content (AvgIpc) is 2.52. The number of carboxylic acid groups (broad SMARTS) is 1. The number of fused-ring (bicyclic) bond motifs is 1. The van der Waals surface area contributed by atoms with Crippen LogP contribution in [0.2, 0.25) is 5.02 Å². The van der Waals surface area contributed by atoms with Crippen LogP contribution in [0, 0.1) is 5.82 Å². The molecule has 2 aromatic rings. The fraction of sp³-hybridized carbons (Fsp3) is 0. The molecule has 0 amide bonds. The van der Waals surface area contributed by atoms with Gasteiger partial charge in [-0.3, -0.25) is 4.40 Å². The Morgan fingerprint density at radius 2 is 2.36 bits per heavy atom. The van der Waals surface area contributed by atoms with Gasteiger partial charge in [-0.15, -0.1) is 0 Å². The van der Waals surface area contributed by atoms with Gasteiger partial charge in [0, 0.05) is 0 Å². The lowest BCUT2D eigenvalue weighted by Gasteiger charge is -2.03. The van der Waals surface area contributed by atoms with E-state index in [1.165, 1.54) is 18.6 Å². The number of carboxylic acids is 1. The van der Waals surface area contributed by atoms with E-state index in [0.29, 0.717) is 5.52 Å². The molecule has 0 aliphatic rings. The molecule has 0 aliphatic carbocycles. The summed E-state index contributed by atoms with van der Waals surface area (Å²) in [5.41, 5.74) is -0.0706. The largest absolute Gasteiger partial charge is 0.476 e. The van der Waals surface area contributed by atoms with Crippen LogP contribution in [0.25, 0.3) is 5.52 Å². The Kier molecular flexibility index (Phi) is 1.89. The van der Waals surface area contributed by atoms with Crippen molar-refractivity contribution in [3.63, 3.8) is 0 Å². The van der Waals surface area contributed by atoms with E-state index in [1.807, 2.05) is 0 Å². The molecule has 0 spiro atoms. The van der Waals surface area contributed by atoms with Crippen LogP contribution in [0.15, 0.2) is 18.6 Å².